The van der Waals surface area contributed by atoms with E-state index in [1.54, 1.807) is 0 Å². The van der Waals surface area contributed by atoms with E-state index in [4.69, 9.17) is 0 Å². The molecule has 154 valence electrons. The van der Waals surface area contributed by atoms with Crippen molar-refractivity contribution in [1.82, 2.24) is 5.32 Å². The van der Waals surface area contributed by atoms with Gasteiger partial charge >= 0.3 is 0 Å². The second-order valence-electron chi connectivity index (χ2n) is 8.05. The topological polar surface area (TPSA) is 29.1 Å². The van der Waals surface area contributed by atoms with Crippen LogP contribution < -0.4 is 5.32 Å². The molecule has 0 bridgehead atoms. The zero-order valence-corrected chi connectivity index (χ0v) is 18.0. The fourth-order valence-electron chi connectivity index (χ4n) is 3.59. The summed E-state index contributed by atoms with van der Waals surface area (Å²) in [6.45, 7) is 5.17. The zero-order valence-electron chi connectivity index (χ0n) is 18.0. The molecule has 0 saturated carbocycles. The minimum Gasteiger partial charge on any atom is -0.356 e. The summed E-state index contributed by atoms with van der Waals surface area (Å²) in [4.78, 5) is 12.0. The third kappa shape index (κ3) is 13.5. The summed E-state index contributed by atoms with van der Waals surface area (Å²) in [5.41, 5.74) is 2.33. The van der Waals surface area contributed by atoms with Crippen LogP contribution in [0, 0.1) is 6.92 Å². The van der Waals surface area contributed by atoms with E-state index in [1.165, 1.54) is 89.0 Å². The van der Waals surface area contributed by atoms with E-state index in [2.05, 4.69) is 25.2 Å². The van der Waals surface area contributed by atoms with Gasteiger partial charge < -0.3 is 5.32 Å². The van der Waals surface area contributed by atoms with Gasteiger partial charge in [-0.05, 0) is 24.5 Å². The minimum atomic E-state index is 0.152. The van der Waals surface area contributed by atoms with E-state index in [9.17, 15) is 4.79 Å². The Bertz CT molecular complexity index is 483. The molecule has 0 spiro atoms. The predicted octanol–water partition coefficient (Wildman–Crippen LogP) is 7.14. The fraction of sp³-hybridized carbons (Fsp3) is 0.720. The molecule has 2 heteroatoms. The van der Waals surface area contributed by atoms with Crippen LogP contribution in [-0.4, -0.2) is 12.5 Å². The van der Waals surface area contributed by atoms with Crippen molar-refractivity contribution in [3.05, 3.63) is 35.4 Å². The number of aryl methyl sites for hydroxylation is 1. The highest BCUT2D eigenvalue weighted by Gasteiger charge is 2.04. The van der Waals surface area contributed by atoms with Gasteiger partial charge in [-0.2, -0.15) is 0 Å². The first-order valence-electron chi connectivity index (χ1n) is 11.5. The number of nitrogens with one attached hydrogen (secondary N) is 1. The molecule has 0 heterocycles. The summed E-state index contributed by atoms with van der Waals surface area (Å²) < 4.78 is 0. The van der Waals surface area contributed by atoms with Crippen LogP contribution in [0.5, 0.6) is 0 Å². The second kappa shape index (κ2) is 16.8. The van der Waals surface area contributed by atoms with Crippen LogP contribution in [0.25, 0.3) is 0 Å². The summed E-state index contributed by atoms with van der Waals surface area (Å²) in [6, 6.07) is 8.13. The van der Waals surface area contributed by atoms with E-state index >= 15 is 0 Å². The monoisotopic (exact) mass is 373 g/mol. The molecule has 0 aliphatic heterocycles. The third-order valence-corrected chi connectivity index (χ3v) is 5.46. The number of hydrogen-bond donors (Lipinski definition) is 1. The number of carbonyl (C=O) groups excluding carboxylic acids is 1. The third-order valence-electron chi connectivity index (χ3n) is 5.46. The summed E-state index contributed by atoms with van der Waals surface area (Å²) >= 11 is 0. The normalized spacial score (nSPS) is 10.9. The molecule has 27 heavy (non-hydrogen) atoms. The molecule has 1 amide bonds. The molecule has 0 aliphatic carbocycles. The maximum absolute atomic E-state index is 12.0. The van der Waals surface area contributed by atoms with E-state index in [0.29, 0.717) is 6.42 Å². The van der Waals surface area contributed by atoms with Gasteiger partial charge in [0.05, 0.1) is 6.42 Å². The summed E-state index contributed by atoms with van der Waals surface area (Å²) in [7, 11) is 0. The van der Waals surface area contributed by atoms with Crippen LogP contribution in [0.1, 0.15) is 108 Å². The largest absolute Gasteiger partial charge is 0.356 e. The van der Waals surface area contributed by atoms with Gasteiger partial charge in [0.1, 0.15) is 0 Å². The number of carbonyl (C=O) groups is 1. The molecule has 0 saturated heterocycles. The van der Waals surface area contributed by atoms with Crippen molar-refractivity contribution in [3.8, 4) is 0 Å². The maximum atomic E-state index is 12.0. The summed E-state index contributed by atoms with van der Waals surface area (Å²) in [5.74, 6) is 0.152. The van der Waals surface area contributed by atoms with Gasteiger partial charge in [0.25, 0.3) is 0 Å². The van der Waals surface area contributed by atoms with Gasteiger partial charge in [-0.3, -0.25) is 4.79 Å². The van der Waals surface area contributed by atoms with Crippen molar-refractivity contribution in [2.24, 2.45) is 0 Å². The van der Waals surface area contributed by atoms with Crippen molar-refractivity contribution in [3.63, 3.8) is 0 Å². The van der Waals surface area contributed by atoms with Gasteiger partial charge in [-0.1, -0.05) is 115 Å². The standard InChI is InChI=1S/C25H43NO/c1-3-4-5-6-7-8-9-10-11-12-13-14-15-18-21-26-25(27)22-24-20-17-16-19-23(24)2/h16-17,19-20H,3-15,18,21-22H2,1-2H3,(H,26,27). The molecule has 2 nitrogen and oxygen atoms in total. The van der Waals surface area contributed by atoms with Crippen LogP contribution in [0.2, 0.25) is 0 Å². The summed E-state index contributed by atoms with van der Waals surface area (Å²) in [6.07, 6.45) is 19.7. The molecule has 0 aromatic heterocycles. The maximum Gasteiger partial charge on any atom is 0.224 e. The predicted molar refractivity (Wildman–Crippen MR) is 118 cm³/mol. The van der Waals surface area contributed by atoms with Crippen LogP contribution in [-0.2, 0) is 11.2 Å². The molecule has 1 rings (SSSR count). The van der Waals surface area contributed by atoms with Crippen molar-refractivity contribution in [2.75, 3.05) is 6.54 Å². The first-order valence-corrected chi connectivity index (χ1v) is 11.5. The van der Waals surface area contributed by atoms with Gasteiger partial charge in [0.15, 0.2) is 0 Å². The number of amides is 1. The molecular weight excluding hydrogens is 330 g/mol. The van der Waals surface area contributed by atoms with Crippen LogP contribution in [0.3, 0.4) is 0 Å². The van der Waals surface area contributed by atoms with Crippen molar-refractivity contribution >= 4 is 5.91 Å². The SMILES string of the molecule is CCCCCCCCCCCCCCCCNC(=O)Cc1ccccc1C. The van der Waals surface area contributed by atoms with E-state index < -0.39 is 0 Å². The van der Waals surface area contributed by atoms with Crippen LogP contribution in [0.4, 0.5) is 0 Å². The first kappa shape index (κ1) is 23.7. The first-order chi connectivity index (χ1) is 13.2. The molecule has 1 aromatic rings. The lowest BCUT2D eigenvalue weighted by molar-refractivity contribution is -0.120. The Morgan fingerprint density at radius 2 is 1.22 bits per heavy atom. The highest BCUT2D eigenvalue weighted by atomic mass is 16.1. The van der Waals surface area contributed by atoms with Gasteiger partial charge in [-0.15, -0.1) is 0 Å². The minimum absolute atomic E-state index is 0.152. The number of hydrogen-bond acceptors (Lipinski definition) is 1. The highest BCUT2D eigenvalue weighted by Crippen LogP contribution is 2.13. The van der Waals surface area contributed by atoms with Gasteiger partial charge in [-0.25, -0.2) is 0 Å². The lowest BCUT2D eigenvalue weighted by Gasteiger charge is -2.07. The molecule has 1 aromatic carbocycles. The average molecular weight is 374 g/mol. The Balaban J connectivity index is 1.82. The molecule has 0 atom stereocenters. The van der Waals surface area contributed by atoms with Crippen LogP contribution >= 0.6 is 0 Å². The Morgan fingerprint density at radius 3 is 1.74 bits per heavy atom. The van der Waals surface area contributed by atoms with Crippen molar-refractivity contribution in [2.45, 2.75) is 110 Å². The lowest BCUT2D eigenvalue weighted by atomic mass is 10.0. The molecule has 0 aliphatic rings. The molecule has 1 N–H and O–H groups in total. The summed E-state index contributed by atoms with van der Waals surface area (Å²) in [5, 5.41) is 3.06. The Hall–Kier alpha value is -1.31. The fourth-order valence-corrected chi connectivity index (χ4v) is 3.59. The van der Waals surface area contributed by atoms with Gasteiger partial charge in [0, 0.05) is 6.54 Å². The smallest absolute Gasteiger partial charge is 0.224 e. The molecule has 0 unspecified atom stereocenters. The Morgan fingerprint density at radius 1 is 0.741 bits per heavy atom. The molecule has 0 fully saturated rings. The van der Waals surface area contributed by atoms with E-state index in [0.717, 1.165) is 18.5 Å². The number of unbranched alkanes of at least 4 members (excludes halogenated alkanes) is 13. The molecule has 0 radical (unpaired) electrons. The molecular formula is C25H43NO. The Kier molecular flexibility index (Phi) is 14.8. The van der Waals surface area contributed by atoms with Crippen LogP contribution in [0.15, 0.2) is 24.3 Å². The second-order valence-corrected chi connectivity index (χ2v) is 8.05. The van der Waals surface area contributed by atoms with Crippen molar-refractivity contribution < 1.29 is 4.79 Å². The number of rotatable bonds is 17. The quantitative estimate of drug-likeness (QED) is 0.289. The zero-order chi connectivity index (χ0) is 19.6. The van der Waals surface area contributed by atoms with E-state index in [1.807, 2.05) is 18.2 Å². The van der Waals surface area contributed by atoms with E-state index in [-0.39, 0.29) is 5.91 Å². The van der Waals surface area contributed by atoms with Gasteiger partial charge in [0.2, 0.25) is 5.91 Å². The average Bonchev–Trinajstić information content (AvgIpc) is 2.66. The number of benzene rings is 1. The Labute approximate surface area is 168 Å². The highest BCUT2D eigenvalue weighted by molar-refractivity contribution is 5.78. The lowest BCUT2D eigenvalue weighted by Crippen LogP contribution is -2.26. The van der Waals surface area contributed by atoms with Crippen molar-refractivity contribution in [1.29, 1.82) is 0 Å².